The predicted molar refractivity (Wildman–Crippen MR) is 112 cm³/mol. The number of aliphatic hydroxyl groups is 1. The third-order valence-corrected chi connectivity index (χ3v) is 6.36. The minimum absolute atomic E-state index is 0.184. The van der Waals surface area contributed by atoms with Gasteiger partial charge in [0, 0.05) is 16.4 Å². The van der Waals surface area contributed by atoms with E-state index in [0.29, 0.717) is 24.2 Å². The van der Waals surface area contributed by atoms with E-state index in [1.165, 1.54) is 7.11 Å². The molecule has 1 heterocycles. The zero-order chi connectivity index (χ0) is 21.2. The normalized spacial score (nSPS) is 25.8. The highest BCUT2D eigenvalue weighted by Crippen LogP contribution is 2.52. The first-order valence-electron chi connectivity index (χ1n) is 9.24. The Balaban J connectivity index is 2.06. The standard InChI is InChI=1S/C22H24BrNO5/c1-4-9-22(13-25)19-17(23)10-15(20(26)29-3)11-18(19)24(21(22)27)12-14-5-7-16(28-2)8-6-14/h4-8,10-11,17,19,25H,1,9,12-13H2,2-3H3. The molecule has 3 rings (SSSR count). The molecule has 3 unspecified atom stereocenters. The summed E-state index contributed by atoms with van der Waals surface area (Å²) in [6, 6.07) is 7.44. The Hall–Kier alpha value is -2.38. The zero-order valence-corrected chi connectivity index (χ0v) is 18.0. The number of methoxy groups -OCH3 is 2. The van der Waals surface area contributed by atoms with Gasteiger partial charge in [0.2, 0.25) is 5.91 Å². The Kier molecular flexibility index (Phi) is 6.29. The number of esters is 1. The average Bonchev–Trinajstić information content (AvgIpc) is 2.97. The van der Waals surface area contributed by atoms with E-state index in [2.05, 4.69) is 22.5 Å². The van der Waals surface area contributed by atoms with Gasteiger partial charge in [-0.3, -0.25) is 4.79 Å². The van der Waals surface area contributed by atoms with E-state index in [-0.39, 0.29) is 23.3 Å². The third kappa shape index (κ3) is 3.65. The van der Waals surface area contributed by atoms with E-state index in [4.69, 9.17) is 9.47 Å². The first kappa shape index (κ1) is 21.3. The molecule has 1 N–H and O–H groups in total. The lowest BCUT2D eigenvalue weighted by Crippen LogP contribution is -2.42. The van der Waals surface area contributed by atoms with Gasteiger partial charge in [0.1, 0.15) is 5.75 Å². The monoisotopic (exact) mass is 461 g/mol. The van der Waals surface area contributed by atoms with Gasteiger partial charge in [0.15, 0.2) is 0 Å². The lowest BCUT2D eigenvalue weighted by Gasteiger charge is -2.33. The number of aliphatic hydroxyl groups excluding tert-OH is 1. The summed E-state index contributed by atoms with van der Waals surface area (Å²) in [5.41, 5.74) is 0.935. The topological polar surface area (TPSA) is 76.1 Å². The van der Waals surface area contributed by atoms with Crippen molar-refractivity contribution in [1.82, 2.24) is 4.90 Å². The Morgan fingerprint density at radius 3 is 2.59 bits per heavy atom. The number of alkyl halides is 1. The van der Waals surface area contributed by atoms with Crippen LogP contribution in [0.25, 0.3) is 0 Å². The average molecular weight is 462 g/mol. The molecular formula is C22H24BrNO5. The summed E-state index contributed by atoms with van der Waals surface area (Å²) in [6.07, 6.45) is 5.41. The van der Waals surface area contributed by atoms with Crippen LogP contribution in [0.5, 0.6) is 5.75 Å². The molecule has 1 amide bonds. The molecule has 0 bridgehead atoms. The number of likely N-dealkylation sites (tertiary alicyclic amines) is 1. The first-order chi connectivity index (χ1) is 13.9. The van der Waals surface area contributed by atoms with Crippen molar-refractivity contribution in [3.8, 4) is 5.75 Å². The van der Waals surface area contributed by atoms with Crippen molar-refractivity contribution in [2.45, 2.75) is 17.8 Å². The van der Waals surface area contributed by atoms with Gasteiger partial charge in [0.05, 0.1) is 38.4 Å². The van der Waals surface area contributed by atoms with Crippen LogP contribution < -0.4 is 4.74 Å². The summed E-state index contributed by atoms with van der Waals surface area (Å²) in [5, 5.41) is 10.3. The summed E-state index contributed by atoms with van der Waals surface area (Å²) in [4.78, 5) is 27.0. The van der Waals surface area contributed by atoms with Gasteiger partial charge < -0.3 is 19.5 Å². The largest absolute Gasteiger partial charge is 0.497 e. The fourth-order valence-corrected chi connectivity index (χ4v) is 5.17. The summed E-state index contributed by atoms with van der Waals surface area (Å²) >= 11 is 3.61. The number of amides is 1. The quantitative estimate of drug-likeness (QED) is 0.383. The Labute approximate surface area is 178 Å². The molecule has 0 radical (unpaired) electrons. The fourth-order valence-electron chi connectivity index (χ4n) is 4.10. The maximum absolute atomic E-state index is 13.5. The number of halogens is 1. The molecule has 0 spiro atoms. The third-order valence-electron chi connectivity index (χ3n) is 5.57. The number of ether oxygens (including phenoxy) is 2. The number of nitrogens with zero attached hydrogens (tertiary/aromatic N) is 1. The maximum Gasteiger partial charge on any atom is 0.337 e. The van der Waals surface area contributed by atoms with E-state index in [1.54, 1.807) is 30.2 Å². The van der Waals surface area contributed by atoms with Crippen LogP contribution in [0, 0.1) is 11.3 Å². The number of hydrogen-bond donors (Lipinski definition) is 1. The van der Waals surface area contributed by atoms with Gasteiger partial charge in [0.25, 0.3) is 0 Å². The predicted octanol–water partition coefficient (Wildman–Crippen LogP) is 2.97. The molecule has 0 saturated carbocycles. The summed E-state index contributed by atoms with van der Waals surface area (Å²) in [6.45, 7) is 3.78. The van der Waals surface area contributed by atoms with Crippen LogP contribution in [0.2, 0.25) is 0 Å². The number of carbonyl (C=O) groups is 2. The molecule has 154 valence electrons. The summed E-state index contributed by atoms with van der Waals surface area (Å²) < 4.78 is 10.1. The van der Waals surface area contributed by atoms with Crippen LogP contribution in [0.15, 0.2) is 60.3 Å². The summed E-state index contributed by atoms with van der Waals surface area (Å²) in [7, 11) is 2.92. The Bertz CT molecular complexity index is 876. The fraction of sp³-hybridized carbons (Fsp3) is 0.364. The van der Waals surface area contributed by atoms with E-state index in [9.17, 15) is 14.7 Å². The van der Waals surface area contributed by atoms with Gasteiger partial charge >= 0.3 is 5.97 Å². The van der Waals surface area contributed by atoms with Gasteiger partial charge in [-0.1, -0.05) is 40.2 Å². The van der Waals surface area contributed by atoms with Crippen LogP contribution in [0.4, 0.5) is 0 Å². The molecule has 1 saturated heterocycles. The lowest BCUT2D eigenvalue weighted by molar-refractivity contribution is -0.139. The number of benzene rings is 1. The lowest BCUT2D eigenvalue weighted by atomic mass is 9.71. The van der Waals surface area contributed by atoms with Crippen LogP contribution >= 0.6 is 15.9 Å². The molecule has 1 aliphatic heterocycles. The van der Waals surface area contributed by atoms with E-state index < -0.39 is 11.4 Å². The molecule has 1 aromatic carbocycles. The molecular weight excluding hydrogens is 438 g/mol. The molecule has 0 aromatic heterocycles. The number of allylic oxidation sites excluding steroid dienone is 3. The van der Waals surface area contributed by atoms with Crippen molar-refractivity contribution < 1.29 is 24.2 Å². The maximum atomic E-state index is 13.5. The molecule has 1 fully saturated rings. The molecule has 2 aliphatic rings. The molecule has 1 aliphatic carbocycles. The second-order valence-electron chi connectivity index (χ2n) is 7.15. The SMILES string of the molecule is C=CCC1(CO)C(=O)N(Cc2ccc(OC)cc2)C2=CC(C(=O)OC)=CC(Br)C21. The molecule has 3 atom stereocenters. The van der Waals surface area contributed by atoms with Crippen molar-refractivity contribution in [1.29, 1.82) is 0 Å². The van der Waals surface area contributed by atoms with Gasteiger partial charge in [-0.25, -0.2) is 4.79 Å². The van der Waals surface area contributed by atoms with Crippen LogP contribution in [0.1, 0.15) is 12.0 Å². The summed E-state index contributed by atoms with van der Waals surface area (Å²) in [5.74, 6) is -0.257. The Morgan fingerprint density at radius 2 is 2.03 bits per heavy atom. The van der Waals surface area contributed by atoms with Gasteiger partial charge in [-0.2, -0.15) is 0 Å². The second kappa shape index (κ2) is 8.55. The molecule has 7 heteroatoms. The zero-order valence-electron chi connectivity index (χ0n) is 16.4. The highest BCUT2D eigenvalue weighted by molar-refractivity contribution is 9.09. The smallest absolute Gasteiger partial charge is 0.337 e. The van der Waals surface area contributed by atoms with Crippen LogP contribution in [-0.4, -0.2) is 47.5 Å². The number of hydrogen-bond acceptors (Lipinski definition) is 5. The van der Waals surface area contributed by atoms with Crippen LogP contribution in [0.3, 0.4) is 0 Å². The second-order valence-corrected chi connectivity index (χ2v) is 8.21. The minimum atomic E-state index is -1.04. The van der Waals surface area contributed by atoms with Crippen molar-refractivity contribution in [3.63, 3.8) is 0 Å². The highest BCUT2D eigenvalue weighted by atomic mass is 79.9. The number of carbonyl (C=O) groups excluding carboxylic acids is 2. The molecule has 29 heavy (non-hydrogen) atoms. The molecule has 1 aromatic rings. The minimum Gasteiger partial charge on any atom is -0.497 e. The van der Waals surface area contributed by atoms with Crippen LogP contribution in [-0.2, 0) is 20.9 Å². The van der Waals surface area contributed by atoms with Crippen molar-refractivity contribution in [3.05, 3.63) is 65.9 Å². The number of rotatable bonds is 7. The number of fused-ring (bicyclic) bond motifs is 1. The highest BCUT2D eigenvalue weighted by Gasteiger charge is 2.58. The van der Waals surface area contributed by atoms with Gasteiger partial charge in [-0.15, -0.1) is 6.58 Å². The Morgan fingerprint density at radius 1 is 1.34 bits per heavy atom. The van der Waals surface area contributed by atoms with Crippen molar-refractivity contribution in [2.75, 3.05) is 20.8 Å². The van der Waals surface area contributed by atoms with E-state index >= 15 is 0 Å². The van der Waals surface area contributed by atoms with E-state index in [0.717, 1.165) is 11.3 Å². The van der Waals surface area contributed by atoms with Crippen molar-refractivity contribution in [2.24, 2.45) is 11.3 Å². The van der Waals surface area contributed by atoms with Gasteiger partial charge in [-0.05, 0) is 30.2 Å². The van der Waals surface area contributed by atoms with E-state index in [1.807, 2.05) is 24.3 Å². The first-order valence-corrected chi connectivity index (χ1v) is 10.2. The van der Waals surface area contributed by atoms with Crippen molar-refractivity contribution >= 4 is 27.8 Å². The molecule has 6 nitrogen and oxygen atoms in total.